The SMILES string of the molecule is COC(C)n1c(=O)c2[nH]cnc2n(C(C)OC)c1=O. The molecule has 0 aromatic carbocycles. The molecule has 0 radical (unpaired) electrons. The average molecular weight is 268 g/mol. The molecule has 8 nitrogen and oxygen atoms in total. The normalized spacial score (nSPS) is 14.7. The molecule has 0 fully saturated rings. The Morgan fingerprint density at radius 3 is 2.32 bits per heavy atom. The Morgan fingerprint density at radius 2 is 1.74 bits per heavy atom. The topological polar surface area (TPSA) is 91.1 Å². The number of fused-ring (bicyclic) bond motifs is 1. The van der Waals surface area contributed by atoms with Crippen LogP contribution in [0.5, 0.6) is 0 Å². The lowest BCUT2D eigenvalue weighted by Gasteiger charge is -2.18. The largest absolute Gasteiger partial charge is 0.361 e. The lowest BCUT2D eigenvalue weighted by atomic mass is 10.4. The van der Waals surface area contributed by atoms with Gasteiger partial charge in [-0.3, -0.25) is 4.79 Å². The maximum atomic E-state index is 12.4. The van der Waals surface area contributed by atoms with Gasteiger partial charge in [0.1, 0.15) is 18.0 Å². The third kappa shape index (κ3) is 1.98. The van der Waals surface area contributed by atoms with Crippen molar-refractivity contribution >= 4 is 11.2 Å². The highest BCUT2D eigenvalue weighted by atomic mass is 16.5. The standard InChI is InChI=1S/C11H16N4O4/c1-6(18-3)14-9-8(12-5-13-9)10(16)15(11(14)17)7(2)19-4/h5-7H,1-4H3,(H,12,13). The summed E-state index contributed by atoms with van der Waals surface area (Å²) in [5.41, 5.74) is -0.476. The van der Waals surface area contributed by atoms with Gasteiger partial charge in [-0.1, -0.05) is 0 Å². The fourth-order valence-electron chi connectivity index (χ4n) is 1.90. The second-order valence-corrected chi connectivity index (χ2v) is 4.10. The third-order valence-electron chi connectivity index (χ3n) is 3.10. The van der Waals surface area contributed by atoms with Gasteiger partial charge in [-0.15, -0.1) is 0 Å². The van der Waals surface area contributed by atoms with E-state index in [1.165, 1.54) is 25.1 Å². The molecule has 1 N–H and O–H groups in total. The Hall–Kier alpha value is -1.93. The summed E-state index contributed by atoms with van der Waals surface area (Å²) < 4.78 is 12.6. The first-order valence-electron chi connectivity index (χ1n) is 5.78. The van der Waals surface area contributed by atoms with Gasteiger partial charge in [0, 0.05) is 14.2 Å². The van der Waals surface area contributed by atoms with Crippen molar-refractivity contribution in [2.24, 2.45) is 0 Å². The lowest BCUT2D eigenvalue weighted by Crippen LogP contribution is -2.43. The highest BCUT2D eigenvalue weighted by molar-refractivity contribution is 5.68. The second kappa shape index (κ2) is 4.98. The number of hydrogen-bond donors (Lipinski definition) is 1. The molecule has 104 valence electrons. The number of imidazole rings is 1. The zero-order valence-electron chi connectivity index (χ0n) is 11.2. The Bertz CT molecular complexity index is 699. The fraction of sp³-hybridized carbons (Fsp3) is 0.545. The summed E-state index contributed by atoms with van der Waals surface area (Å²) in [6, 6.07) is 0. The van der Waals surface area contributed by atoms with Crippen LogP contribution < -0.4 is 11.2 Å². The molecular weight excluding hydrogens is 252 g/mol. The molecule has 0 bridgehead atoms. The fourth-order valence-corrected chi connectivity index (χ4v) is 1.90. The minimum atomic E-state index is -0.678. The number of ether oxygens (including phenoxy) is 2. The molecule has 0 saturated heterocycles. The summed E-state index contributed by atoms with van der Waals surface area (Å²) in [6.45, 7) is 3.31. The summed E-state index contributed by atoms with van der Waals surface area (Å²) in [7, 11) is 2.91. The molecule has 2 heterocycles. The lowest BCUT2D eigenvalue weighted by molar-refractivity contribution is 0.0374. The number of nitrogens with one attached hydrogen (secondary N) is 1. The number of hydrogen-bond acceptors (Lipinski definition) is 5. The van der Waals surface area contributed by atoms with E-state index in [9.17, 15) is 9.59 Å². The van der Waals surface area contributed by atoms with Crippen molar-refractivity contribution in [2.45, 2.75) is 26.3 Å². The van der Waals surface area contributed by atoms with Gasteiger partial charge >= 0.3 is 5.69 Å². The molecule has 2 unspecified atom stereocenters. The number of rotatable bonds is 4. The first-order valence-corrected chi connectivity index (χ1v) is 5.78. The minimum Gasteiger partial charge on any atom is -0.361 e. The van der Waals surface area contributed by atoms with Gasteiger partial charge in [0.2, 0.25) is 0 Å². The summed E-state index contributed by atoms with van der Waals surface area (Å²) in [5, 5.41) is 0. The quantitative estimate of drug-likeness (QED) is 0.856. The zero-order chi connectivity index (χ0) is 14.2. The maximum absolute atomic E-state index is 12.4. The van der Waals surface area contributed by atoms with Crippen LogP contribution in [0.1, 0.15) is 26.3 Å². The predicted molar refractivity (Wildman–Crippen MR) is 68.1 cm³/mol. The molecule has 2 aromatic rings. The molecule has 2 atom stereocenters. The molecule has 0 aliphatic rings. The third-order valence-corrected chi connectivity index (χ3v) is 3.10. The van der Waals surface area contributed by atoms with Crippen molar-refractivity contribution in [2.75, 3.05) is 14.2 Å². The smallest absolute Gasteiger partial charge is 0.337 e. The molecular formula is C11H16N4O4. The monoisotopic (exact) mass is 268 g/mol. The Balaban J connectivity index is 2.91. The van der Waals surface area contributed by atoms with Gasteiger partial charge in [0.25, 0.3) is 5.56 Å². The molecule has 0 saturated carbocycles. The van der Waals surface area contributed by atoms with Crippen molar-refractivity contribution in [3.63, 3.8) is 0 Å². The van der Waals surface area contributed by atoms with Crippen LogP contribution in [-0.2, 0) is 9.47 Å². The molecule has 2 rings (SSSR count). The second-order valence-electron chi connectivity index (χ2n) is 4.10. The van der Waals surface area contributed by atoms with Crippen molar-refractivity contribution in [1.82, 2.24) is 19.1 Å². The first kappa shape index (κ1) is 13.5. The van der Waals surface area contributed by atoms with Gasteiger partial charge in [0.15, 0.2) is 5.65 Å². The number of H-pyrrole nitrogens is 1. The van der Waals surface area contributed by atoms with Crippen LogP contribution in [0.25, 0.3) is 11.2 Å². The van der Waals surface area contributed by atoms with E-state index in [0.29, 0.717) is 0 Å². The van der Waals surface area contributed by atoms with Crippen LogP contribution in [0.15, 0.2) is 15.9 Å². The van der Waals surface area contributed by atoms with Crippen molar-refractivity contribution in [3.8, 4) is 0 Å². The van der Waals surface area contributed by atoms with Crippen molar-refractivity contribution in [1.29, 1.82) is 0 Å². The van der Waals surface area contributed by atoms with Gasteiger partial charge in [-0.2, -0.15) is 0 Å². The molecule has 0 aliphatic carbocycles. The van der Waals surface area contributed by atoms with Crippen LogP contribution in [0.4, 0.5) is 0 Å². The average Bonchev–Trinajstić information content (AvgIpc) is 2.87. The molecule has 19 heavy (non-hydrogen) atoms. The van der Waals surface area contributed by atoms with Gasteiger partial charge in [0.05, 0.1) is 6.33 Å². The highest BCUT2D eigenvalue weighted by Crippen LogP contribution is 2.11. The molecule has 0 amide bonds. The Morgan fingerprint density at radius 1 is 1.16 bits per heavy atom. The number of methoxy groups -OCH3 is 2. The summed E-state index contributed by atoms with van der Waals surface area (Å²) in [6.07, 6.45) is 0.142. The maximum Gasteiger partial charge on any atom is 0.337 e. The first-order chi connectivity index (χ1) is 9.02. The molecule has 0 spiro atoms. The molecule has 2 aromatic heterocycles. The van der Waals surface area contributed by atoms with Crippen LogP contribution in [-0.4, -0.2) is 33.3 Å². The minimum absolute atomic E-state index is 0.243. The van der Waals surface area contributed by atoms with Gasteiger partial charge < -0.3 is 14.5 Å². The summed E-state index contributed by atoms with van der Waals surface area (Å²) in [4.78, 5) is 31.4. The predicted octanol–water partition coefficient (Wildman–Crippen LogP) is 0.216. The van der Waals surface area contributed by atoms with Crippen molar-refractivity contribution in [3.05, 3.63) is 27.2 Å². The van der Waals surface area contributed by atoms with Gasteiger partial charge in [-0.05, 0) is 13.8 Å². The molecule has 0 aliphatic heterocycles. The van der Waals surface area contributed by atoms with Crippen LogP contribution in [0.3, 0.4) is 0 Å². The van der Waals surface area contributed by atoms with E-state index in [4.69, 9.17) is 9.47 Å². The van der Waals surface area contributed by atoms with Crippen molar-refractivity contribution < 1.29 is 9.47 Å². The number of nitrogens with zero attached hydrogens (tertiary/aromatic N) is 3. The van der Waals surface area contributed by atoms with E-state index >= 15 is 0 Å². The van der Waals surface area contributed by atoms with E-state index in [1.54, 1.807) is 13.8 Å². The van der Waals surface area contributed by atoms with Crippen LogP contribution >= 0.6 is 0 Å². The van der Waals surface area contributed by atoms with Crippen LogP contribution in [0, 0.1) is 0 Å². The number of aromatic nitrogens is 4. The van der Waals surface area contributed by atoms with Gasteiger partial charge in [-0.25, -0.2) is 18.9 Å². The summed E-state index contributed by atoms with van der Waals surface area (Å²) in [5.74, 6) is 0. The van der Waals surface area contributed by atoms with E-state index in [-0.39, 0.29) is 11.2 Å². The van der Waals surface area contributed by atoms with E-state index in [1.807, 2.05) is 0 Å². The molecule has 8 heteroatoms. The highest BCUT2D eigenvalue weighted by Gasteiger charge is 2.21. The van der Waals surface area contributed by atoms with E-state index in [2.05, 4.69) is 9.97 Å². The Kier molecular flexibility index (Phi) is 3.54. The zero-order valence-corrected chi connectivity index (χ0v) is 11.2. The van der Waals surface area contributed by atoms with E-state index < -0.39 is 23.7 Å². The Labute approximate surface area is 108 Å². The number of aromatic amines is 1. The van der Waals surface area contributed by atoms with Crippen LogP contribution in [0.2, 0.25) is 0 Å². The summed E-state index contributed by atoms with van der Waals surface area (Å²) >= 11 is 0. The van der Waals surface area contributed by atoms with E-state index in [0.717, 1.165) is 4.57 Å².